The van der Waals surface area contributed by atoms with Crippen molar-refractivity contribution in [3.63, 3.8) is 0 Å². The van der Waals surface area contributed by atoms with Crippen LogP contribution in [0, 0.1) is 5.92 Å². The van der Waals surface area contributed by atoms with Crippen molar-refractivity contribution in [2.75, 3.05) is 19.6 Å². The van der Waals surface area contributed by atoms with Gasteiger partial charge in [0.2, 0.25) is 5.91 Å². The first-order valence-electron chi connectivity index (χ1n) is 10.4. The van der Waals surface area contributed by atoms with E-state index in [0.29, 0.717) is 13.1 Å². The van der Waals surface area contributed by atoms with Gasteiger partial charge in [-0.1, -0.05) is 18.2 Å². The average Bonchev–Trinajstić information content (AvgIpc) is 3.40. The summed E-state index contributed by atoms with van der Waals surface area (Å²) < 4.78 is 5.20. The van der Waals surface area contributed by atoms with Gasteiger partial charge in [0.1, 0.15) is 6.26 Å². The number of oxazole rings is 1. The van der Waals surface area contributed by atoms with Crippen LogP contribution < -0.4 is 0 Å². The number of fused-ring (bicyclic) bond motifs is 2. The highest BCUT2D eigenvalue weighted by molar-refractivity contribution is 5.99. The summed E-state index contributed by atoms with van der Waals surface area (Å²) >= 11 is 0. The molecule has 5 rings (SSSR count). The molecule has 1 amide bonds. The third-order valence-electron chi connectivity index (χ3n) is 6.36. The average molecular weight is 390 g/mol. The summed E-state index contributed by atoms with van der Waals surface area (Å²) in [4.78, 5) is 25.3. The molecule has 1 N–H and O–H groups in total. The van der Waals surface area contributed by atoms with Crippen LogP contribution in [0.25, 0.3) is 16.5 Å². The Balaban J connectivity index is 1.59. The SMILES string of the molecule is CCN(CC)C(=O)[C@@H]1C=C2c3cccc4[nH]cc(c34)C[C@H]2N(Cc2cocn2)C1. The summed E-state index contributed by atoms with van der Waals surface area (Å²) in [6, 6.07) is 6.65. The molecule has 2 aromatic heterocycles. The maximum atomic E-state index is 13.2. The second-order valence-corrected chi connectivity index (χ2v) is 7.91. The minimum atomic E-state index is -0.149. The van der Waals surface area contributed by atoms with Crippen molar-refractivity contribution in [3.8, 4) is 0 Å². The van der Waals surface area contributed by atoms with E-state index in [1.807, 2.05) is 18.7 Å². The maximum absolute atomic E-state index is 13.2. The highest BCUT2D eigenvalue weighted by Crippen LogP contribution is 2.41. The van der Waals surface area contributed by atoms with Gasteiger partial charge in [-0.3, -0.25) is 9.69 Å². The molecule has 1 aliphatic heterocycles. The minimum Gasteiger partial charge on any atom is -0.451 e. The molecular formula is C23H26N4O2. The van der Waals surface area contributed by atoms with Gasteiger partial charge >= 0.3 is 0 Å². The predicted molar refractivity (Wildman–Crippen MR) is 112 cm³/mol. The van der Waals surface area contributed by atoms with E-state index >= 15 is 0 Å². The topological polar surface area (TPSA) is 65.4 Å². The van der Waals surface area contributed by atoms with Crippen LogP contribution in [0.4, 0.5) is 0 Å². The van der Waals surface area contributed by atoms with Crippen molar-refractivity contribution in [1.82, 2.24) is 19.8 Å². The number of carbonyl (C=O) groups excluding carboxylic acids is 1. The first kappa shape index (κ1) is 18.2. The number of nitrogens with zero attached hydrogens (tertiary/aromatic N) is 3. The minimum absolute atomic E-state index is 0.149. The monoisotopic (exact) mass is 390 g/mol. The maximum Gasteiger partial charge on any atom is 0.230 e. The third kappa shape index (κ3) is 2.99. The zero-order chi connectivity index (χ0) is 20.0. The summed E-state index contributed by atoms with van der Waals surface area (Å²) in [6.45, 7) is 6.93. The molecule has 1 aliphatic carbocycles. The van der Waals surface area contributed by atoms with Crippen molar-refractivity contribution in [3.05, 3.63) is 59.9 Å². The molecule has 0 radical (unpaired) electrons. The summed E-state index contributed by atoms with van der Waals surface area (Å²) in [5.41, 5.74) is 5.92. The van der Waals surface area contributed by atoms with Crippen LogP contribution in [0.3, 0.4) is 0 Å². The molecule has 0 spiro atoms. The van der Waals surface area contributed by atoms with Crippen molar-refractivity contribution in [2.45, 2.75) is 32.9 Å². The molecule has 6 nitrogen and oxygen atoms in total. The van der Waals surface area contributed by atoms with Crippen molar-refractivity contribution < 1.29 is 9.21 Å². The summed E-state index contributed by atoms with van der Waals surface area (Å²) in [6.07, 6.45) is 8.47. The van der Waals surface area contributed by atoms with Crippen molar-refractivity contribution in [1.29, 1.82) is 0 Å². The number of rotatable bonds is 5. The Bertz CT molecular complexity index is 1060. The van der Waals surface area contributed by atoms with E-state index in [2.05, 4.69) is 45.3 Å². The Morgan fingerprint density at radius 2 is 2.21 bits per heavy atom. The van der Waals surface area contributed by atoms with Gasteiger partial charge in [0.05, 0.1) is 11.6 Å². The van der Waals surface area contributed by atoms with Crippen molar-refractivity contribution >= 4 is 22.4 Å². The lowest BCUT2D eigenvalue weighted by Crippen LogP contribution is -2.49. The summed E-state index contributed by atoms with van der Waals surface area (Å²) in [5, 5.41) is 1.30. The van der Waals surface area contributed by atoms with Crippen LogP contribution in [-0.4, -0.2) is 51.4 Å². The Labute approximate surface area is 170 Å². The third-order valence-corrected chi connectivity index (χ3v) is 6.36. The zero-order valence-electron chi connectivity index (χ0n) is 16.9. The number of nitrogens with one attached hydrogen (secondary N) is 1. The number of hydrogen-bond acceptors (Lipinski definition) is 4. The molecule has 2 aliphatic rings. The van der Waals surface area contributed by atoms with Gasteiger partial charge in [-0.2, -0.15) is 0 Å². The number of H-pyrrole nitrogens is 1. The molecule has 3 heterocycles. The fraction of sp³-hybridized carbons (Fsp3) is 0.391. The van der Waals surface area contributed by atoms with Crippen molar-refractivity contribution in [2.24, 2.45) is 5.92 Å². The lowest BCUT2D eigenvalue weighted by atomic mass is 9.79. The first-order chi connectivity index (χ1) is 14.2. The Morgan fingerprint density at radius 1 is 1.34 bits per heavy atom. The Morgan fingerprint density at radius 3 is 2.97 bits per heavy atom. The Kier molecular flexibility index (Phi) is 4.51. The van der Waals surface area contributed by atoms with Crippen LogP contribution in [-0.2, 0) is 17.8 Å². The van der Waals surface area contributed by atoms with E-state index in [0.717, 1.165) is 30.7 Å². The second-order valence-electron chi connectivity index (χ2n) is 7.91. The molecule has 0 unspecified atom stereocenters. The Hall–Kier alpha value is -2.86. The van der Waals surface area contributed by atoms with E-state index in [1.54, 1.807) is 6.26 Å². The van der Waals surface area contributed by atoms with Crippen LogP contribution >= 0.6 is 0 Å². The van der Waals surface area contributed by atoms with Crippen LogP contribution in [0.5, 0.6) is 0 Å². The number of carbonyl (C=O) groups is 1. The number of aromatic nitrogens is 2. The van der Waals surface area contributed by atoms with E-state index in [-0.39, 0.29) is 17.9 Å². The normalized spacial score (nSPS) is 21.1. The van der Waals surface area contributed by atoms with Crippen LogP contribution in [0.15, 0.2) is 47.5 Å². The molecule has 6 heteroatoms. The quantitative estimate of drug-likeness (QED) is 0.725. The zero-order valence-corrected chi connectivity index (χ0v) is 16.9. The van der Waals surface area contributed by atoms with E-state index < -0.39 is 0 Å². The molecular weight excluding hydrogens is 364 g/mol. The predicted octanol–water partition coefficient (Wildman–Crippen LogP) is 3.46. The van der Waals surface area contributed by atoms with Gasteiger partial charge in [0.25, 0.3) is 0 Å². The molecule has 0 saturated carbocycles. The van der Waals surface area contributed by atoms with Gasteiger partial charge in [-0.25, -0.2) is 4.98 Å². The largest absolute Gasteiger partial charge is 0.451 e. The lowest BCUT2D eigenvalue weighted by Gasteiger charge is -2.42. The van der Waals surface area contributed by atoms with Crippen LogP contribution in [0.1, 0.15) is 30.7 Å². The number of amides is 1. The summed E-state index contributed by atoms with van der Waals surface area (Å²) in [5.74, 6) is 0.0574. The lowest BCUT2D eigenvalue weighted by molar-refractivity contribution is -0.134. The molecule has 29 heavy (non-hydrogen) atoms. The molecule has 150 valence electrons. The van der Waals surface area contributed by atoms with Gasteiger partial charge in [-0.15, -0.1) is 0 Å². The number of hydrogen-bond donors (Lipinski definition) is 1. The van der Waals surface area contributed by atoms with E-state index in [4.69, 9.17) is 4.42 Å². The molecule has 0 fully saturated rings. The van der Waals surface area contributed by atoms with Gasteiger partial charge in [-0.05, 0) is 43.0 Å². The smallest absolute Gasteiger partial charge is 0.230 e. The fourth-order valence-corrected chi connectivity index (χ4v) is 4.95. The van der Waals surface area contributed by atoms with E-state index in [1.165, 1.54) is 28.5 Å². The molecule has 1 aromatic carbocycles. The van der Waals surface area contributed by atoms with Gasteiger partial charge in [0, 0.05) is 49.3 Å². The van der Waals surface area contributed by atoms with Gasteiger partial charge < -0.3 is 14.3 Å². The highest BCUT2D eigenvalue weighted by atomic mass is 16.3. The molecule has 3 aromatic rings. The summed E-state index contributed by atoms with van der Waals surface area (Å²) in [7, 11) is 0. The number of benzene rings is 1. The molecule has 0 saturated heterocycles. The molecule has 0 bridgehead atoms. The fourth-order valence-electron chi connectivity index (χ4n) is 4.95. The van der Waals surface area contributed by atoms with E-state index in [9.17, 15) is 4.79 Å². The second kappa shape index (κ2) is 7.19. The first-order valence-corrected chi connectivity index (χ1v) is 10.4. The molecule has 2 atom stereocenters. The van der Waals surface area contributed by atoms with Gasteiger partial charge in [0.15, 0.2) is 6.39 Å². The number of aromatic amines is 1. The standard InChI is InChI=1S/C23H26N4O2/c1-3-26(4-2)23(28)16-8-19-18-6-5-7-20-22(18)15(10-24-20)9-21(19)27(11-16)12-17-13-29-14-25-17/h5-8,10,13-14,16,21,24H,3-4,9,11-12H2,1-2H3/t16-,21-/m1/s1. The van der Waals surface area contributed by atoms with Crippen LogP contribution in [0.2, 0.25) is 0 Å². The highest BCUT2D eigenvalue weighted by Gasteiger charge is 2.38.